The highest BCUT2D eigenvalue weighted by Crippen LogP contribution is 2.30. The molecule has 0 aliphatic heterocycles. The summed E-state index contributed by atoms with van der Waals surface area (Å²) in [6, 6.07) is 10.1. The minimum atomic E-state index is -4.50. The Kier molecular flexibility index (Phi) is 5.08. The van der Waals surface area contributed by atoms with E-state index < -0.39 is 23.6 Å². The van der Waals surface area contributed by atoms with Gasteiger partial charge in [-0.25, -0.2) is 0 Å². The van der Waals surface area contributed by atoms with Crippen LogP contribution >= 0.6 is 0 Å². The van der Waals surface area contributed by atoms with Crippen molar-refractivity contribution in [2.45, 2.75) is 6.18 Å². The molecule has 126 valence electrons. The molecule has 24 heavy (non-hydrogen) atoms. The molecule has 0 heterocycles. The molecule has 2 rings (SSSR count). The summed E-state index contributed by atoms with van der Waals surface area (Å²) in [5.74, 6) is -1.04. The molecule has 0 radical (unpaired) electrons. The van der Waals surface area contributed by atoms with Crippen LogP contribution < -0.4 is 15.8 Å². The zero-order valence-electron chi connectivity index (χ0n) is 12.3. The lowest BCUT2D eigenvalue weighted by Crippen LogP contribution is -2.20. The fourth-order valence-corrected chi connectivity index (χ4v) is 1.86. The highest BCUT2D eigenvalue weighted by molar-refractivity contribution is 6.04. The molecule has 0 saturated heterocycles. The number of ether oxygens (including phenoxy) is 1. The molecular weight excluding hydrogens is 325 g/mol. The van der Waals surface area contributed by atoms with Gasteiger partial charge in [-0.3, -0.25) is 9.59 Å². The lowest BCUT2D eigenvalue weighted by atomic mass is 10.1. The molecule has 0 spiro atoms. The van der Waals surface area contributed by atoms with Crippen LogP contribution in [0.2, 0.25) is 0 Å². The first-order valence-corrected chi connectivity index (χ1v) is 6.75. The van der Waals surface area contributed by atoms with Gasteiger partial charge in [0, 0.05) is 11.3 Å². The van der Waals surface area contributed by atoms with Gasteiger partial charge in [-0.15, -0.1) is 0 Å². The Bertz CT molecular complexity index is 760. The molecule has 0 unspecified atom stereocenters. The molecule has 3 N–H and O–H groups in total. The summed E-state index contributed by atoms with van der Waals surface area (Å²) in [5, 5.41) is 2.38. The molecule has 2 amide bonds. The maximum absolute atomic E-state index is 12.7. The first-order valence-electron chi connectivity index (χ1n) is 6.75. The summed E-state index contributed by atoms with van der Waals surface area (Å²) in [4.78, 5) is 22.8. The number of alkyl halides is 3. The van der Waals surface area contributed by atoms with Crippen LogP contribution in [-0.2, 0) is 11.0 Å². The monoisotopic (exact) mass is 338 g/mol. The average molecular weight is 338 g/mol. The first kappa shape index (κ1) is 17.3. The molecule has 0 saturated carbocycles. The molecule has 0 aliphatic rings. The van der Waals surface area contributed by atoms with E-state index >= 15 is 0 Å². The van der Waals surface area contributed by atoms with E-state index in [9.17, 15) is 22.8 Å². The summed E-state index contributed by atoms with van der Waals surface area (Å²) in [6.45, 7) is -0.349. The fraction of sp³-hybridized carbons (Fsp3) is 0.125. The van der Waals surface area contributed by atoms with Crippen LogP contribution in [0.5, 0.6) is 5.75 Å². The standard InChI is InChI=1S/C16H13F3N2O3/c17-16(18,19)11-4-2-5-12(8-11)21-15(23)10-3-1-6-13(7-10)24-9-14(20)22/h1-8H,9H2,(H2,20,22)(H,21,23). The van der Waals surface area contributed by atoms with Gasteiger partial charge in [0.25, 0.3) is 11.8 Å². The molecule has 0 atom stereocenters. The molecule has 2 aromatic rings. The molecule has 8 heteroatoms. The lowest BCUT2D eigenvalue weighted by molar-refractivity contribution is -0.137. The van der Waals surface area contributed by atoms with Gasteiger partial charge in [-0.05, 0) is 36.4 Å². The van der Waals surface area contributed by atoms with Crippen LogP contribution in [0, 0.1) is 0 Å². The predicted molar refractivity (Wildman–Crippen MR) is 80.5 cm³/mol. The van der Waals surface area contributed by atoms with Crippen LogP contribution in [0.15, 0.2) is 48.5 Å². The zero-order valence-corrected chi connectivity index (χ0v) is 12.3. The van der Waals surface area contributed by atoms with E-state index in [-0.39, 0.29) is 23.6 Å². The van der Waals surface area contributed by atoms with Crippen LogP contribution in [0.25, 0.3) is 0 Å². The summed E-state index contributed by atoms with van der Waals surface area (Å²) < 4.78 is 43.1. The van der Waals surface area contributed by atoms with E-state index in [0.29, 0.717) is 0 Å². The topological polar surface area (TPSA) is 81.4 Å². The number of carbonyl (C=O) groups excluding carboxylic acids is 2. The zero-order chi connectivity index (χ0) is 17.7. The second kappa shape index (κ2) is 7.03. The van der Waals surface area contributed by atoms with E-state index in [4.69, 9.17) is 10.5 Å². The number of nitrogens with one attached hydrogen (secondary N) is 1. The summed E-state index contributed by atoms with van der Waals surface area (Å²) in [6.07, 6.45) is -4.50. The van der Waals surface area contributed by atoms with Crippen molar-refractivity contribution < 1.29 is 27.5 Å². The Balaban J connectivity index is 2.12. The third kappa shape index (κ3) is 4.73. The minimum absolute atomic E-state index is 0.0123. The van der Waals surface area contributed by atoms with Gasteiger partial charge in [0.15, 0.2) is 6.61 Å². The third-order valence-corrected chi connectivity index (χ3v) is 2.93. The number of carbonyl (C=O) groups is 2. The van der Waals surface area contributed by atoms with Crippen LogP contribution in [-0.4, -0.2) is 18.4 Å². The molecule has 0 fully saturated rings. The van der Waals surface area contributed by atoms with Gasteiger partial charge in [-0.2, -0.15) is 13.2 Å². The van der Waals surface area contributed by atoms with E-state index in [2.05, 4.69) is 5.32 Å². The van der Waals surface area contributed by atoms with E-state index in [1.807, 2.05) is 0 Å². The summed E-state index contributed by atoms with van der Waals surface area (Å²) >= 11 is 0. The number of hydrogen-bond acceptors (Lipinski definition) is 3. The Morgan fingerprint density at radius 2 is 1.79 bits per heavy atom. The van der Waals surface area contributed by atoms with Crippen molar-refractivity contribution in [3.63, 3.8) is 0 Å². The average Bonchev–Trinajstić information content (AvgIpc) is 2.52. The van der Waals surface area contributed by atoms with E-state index in [0.717, 1.165) is 12.1 Å². The highest BCUT2D eigenvalue weighted by atomic mass is 19.4. The predicted octanol–water partition coefficient (Wildman–Crippen LogP) is 2.82. The van der Waals surface area contributed by atoms with Gasteiger partial charge in [-0.1, -0.05) is 12.1 Å². The Labute approximate surface area is 135 Å². The fourth-order valence-electron chi connectivity index (χ4n) is 1.86. The van der Waals surface area contributed by atoms with E-state index in [1.54, 1.807) is 0 Å². The molecule has 0 aliphatic carbocycles. The van der Waals surface area contributed by atoms with Gasteiger partial charge in [0.2, 0.25) is 0 Å². The number of primary amides is 1. The highest BCUT2D eigenvalue weighted by Gasteiger charge is 2.30. The number of rotatable bonds is 5. The Morgan fingerprint density at radius 1 is 1.08 bits per heavy atom. The Morgan fingerprint density at radius 3 is 2.46 bits per heavy atom. The van der Waals surface area contributed by atoms with Crippen molar-refractivity contribution >= 4 is 17.5 Å². The molecule has 5 nitrogen and oxygen atoms in total. The number of nitrogens with two attached hydrogens (primary N) is 1. The van der Waals surface area contributed by atoms with Crippen molar-refractivity contribution in [3.05, 3.63) is 59.7 Å². The Hall–Kier alpha value is -3.03. The quantitative estimate of drug-likeness (QED) is 0.879. The molecule has 0 aromatic heterocycles. The van der Waals surface area contributed by atoms with Crippen molar-refractivity contribution in [3.8, 4) is 5.75 Å². The first-order chi connectivity index (χ1) is 11.3. The molecule has 0 bridgehead atoms. The number of hydrogen-bond donors (Lipinski definition) is 2. The van der Waals surface area contributed by atoms with Gasteiger partial charge >= 0.3 is 6.18 Å². The van der Waals surface area contributed by atoms with Gasteiger partial charge in [0.05, 0.1) is 5.56 Å². The van der Waals surface area contributed by atoms with Crippen molar-refractivity contribution in [2.24, 2.45) is 5.73 Å². The third-order valence-electron chi connectivity index (χ3n) is 2.93. The normalized spacial score (nSPS) is 11.0. The summed E-state index contributed by atoms with van der Waals surface area (Å²) in [5.41, 5.74) is 4.27. The van der Waals surface area contributed by atoms with Crippen LogP contribution in [0.1, 0.15) is 15.9 Å². The van der Waals surface area contributed by atoms with Crippen molar-refractivity contribution in [1.82, 2.24) is 0 Å². The second-order valence-corrected chi connectivity index (χ2v) is 4.82. The number of benzene rings is 2. The van der Waals surface area contributed by atoms with Crippen molar-refractivity contribution in [2.75, 3.05) is 11.9 Å². The maximum Gasteiger partial charge on any atom is 0.416 e. The molecule has 2 aromatic carbocycles. The second-order valence-electron chi connectivity index (χ2n) is 4.82. The maximum atomic E-state index is 12.7. The number of halogens is 3. The smallest absolute Gasteiger partial charge is 0.416 e. The van der Waals surface area contributed by atoms with E-state index in [1.165, 1.54) is 36.4 Å². The largest absolute Gasteiger partial charge is 0.484 e. The number of amides is 2. The molecular formula is C16H13F3N2O3. The minimum Gasteiger partial charge on any atom is -0.484 e. The van der Waals surface area contributed by atoms with Crippen molar-refractivity contribution in [1.29, 1.82) is 0 Å². The van der Waals surface area contributed by atoms with Crippen LogP contribution in [0.4, 0.5) is 18.9 Å². The summed E-state index contributed by atoms with van der Waals surface area (Å²) in [7, 11) is 0. The lowest BCUT2D eigenvalue weighted by Gasteiger charge is -2.10. The van der Waals surface area contributed by atoms with Gasteiger partial charge < -0.3 is 15.8 Å². The van der Waals surface area contributed by atoms with Gasteiger partial charge in [0.1, 0.15) is 5.75 Å². The SMILES string of the molecule is NC(=O)COc1cccc(C(=O)Nc2cccc(C(F)(F)F)c2)c1. The number of anilines is 1. The van der Waals surface area contributed by atoms with Crippen LogP contribution in [0.3, 0.4) is 0 Å².